The average molecular weight is 313 g/mol. The topological polar surface area (TPSA) is 66.8 Å². The number of carbonyl (C=O) groups is 2. The summed E-state index contributed by atoms with van der Waals surface area (Å²) in [6.45, 7) is -0.896. The van der Waals surface area contributed by atoms with Gasteiger partial charge in [-0.25, -0.2) is 9.18 Å². The van der Waals surface area contributed by atoms with E-state index >= 15 is 0 Å². The summed E-state index contributed by atoms with van der Waals surface area (Å²) in [6, 6.07) is -1.59. The normalized spacial score (nSPS) is 34.0. The molecule has 21 heavy (non-hydrogen) atoms. The second kappa shape index (κ2) is 5.43. The molecule has 2 aliphatic rings. The molecule has 0 aromatic carbocycles. The van der Waals surface area contributed by atoms with Crippen molar-refractivity contribution in [3.63, 3.8) is 0 Å². The second-order valence-corrected chi connectivity index (χ2v) is 5.27. The summed E-state index contributed by atoms with van der Waals surface area (Å²) < 4.78 is 58.0. The molecule has 120 valence electrons. The molecule has 0 aliphatic carbocycles. The van der Waals surface area contributed by atoms with Gasteiger partial charge in [0.05, 0.1) is 6.54 Å². The van der Waals surface area contributed by atoms with Gasteiger partial charge in [-0.05, 0) is 19.3 Å². The van der Waals surface area contributed by atoms with E-state index in [1.165, 1.54) is 0 Å². The molecular formula is C12H15F4NO4. The Hall–Kier alpha value is -1.38. The number of carbonyl (C=O) groups excluding carboxylic acids is 1. The quantitative estimate of drug-likeness (QED) is 0.785. The highest BCUT2D eigenvalue weighted by molar-refractivity contribution is 5.91. The molecule has 1 unspecified atom stereocenters. The molecule has 0 aromatic heterocycles. The maximum atomic E-state index is 13.4. The number of aliphatic carboxylic acids is 1. The average Bonchev–Trinajstić information content (AvgIpc) is 2.79. The number of amides is 1. The molecule has 5 nitrogen and oxygen atoms in total. The van der Waals surface area contributed by atoms with Gasteiger partial charge < -0.3 is 14.7 Å². The molecule has 0 spiro atoms. The van der Waals surface area contributed by atoms with E-state index in [9.17, 15) is 27.2 Å². The molecule has 1 amide bonds. The molecule has 9 heteroatoms. The van der Waals surface area contributed by atoms with Crippen molar-refractivity contribution in [1.82, 2.24) is 4.90 Å². The van der Waals surface area contributed by atoms with E-state index in [2.05, 4.69) is 0 Å². The smallest absolute Gasteiger partial charge is 0.426 e. The molecule has 0 radical (unpaired) electrons. The highest BCUT2D eigenvalue weighted by Gasteiger charge is 2.64. The molecule has 2 rings (SSSR count). The SMILES string of the molecule is O=C(O)[C@@H]1C[C@@H](F)CN1C(=O)C1(C(F)(F)F)CCCCO1. The van der Waals surface area contributed by atoms with Crippen LogP contribution in [0.4, 0.5) is 17.6 Å². The van der Waals surface area contributed by atoms with E-state index in [-0.39, 0.29) is 13.0 Å². The summed E-state index contributed by atoms with van der Waals surface area (Å²) >= 11 is 0. The monoisotopic (exact) mass is 313 g/mol. The zero-order chi connectivity index (χ0) is 15.8. The van der Waals surface area contributed by atoms with Crippen LogP contribution in [0.15, 0.2) is 0 Å². The van der Waals surface area contributed by atoms with E-state index < -0.39 is 55.3 Å². The molecule has 2 aliphatic heterocycles. The van der Waals surface area contributed by atoms with Crippen molar-refractivity contribution in [2.45, 2.75) is 49.7 Å². The molecule has 0 aromatic rings. The predicted octanol–water partition coefficient (Wildman–Crippen LogP) is 1.51. The molecule has 1 N–H and O–H groups in total. The molecule has 0 saturated carbocycles. The first-order chi connectivity index (χ1) is 9.69. The van der Waals surface area contributed by atoms with E-state index in [1.807, 2.05) is 0 Å². The Labute approximate surface area is 117 Å². The Balaban J connectivity index is 2.32. The van der Waals surface area contributed by atoms with Gasteiger partial charge in [-0.3, -0.25) is 4.79 Å². The van der Waals surface area contributed by atoms with Crippen LogP contribution in [0.5, 0.6) is 0 Å². The number of hydrogen-bond donors (Lipinski definition) is 1. The minimum Gasteiger partial charge on any atom is -0.480 e. The number of halogens is 4. The summed E-state index contributed by atoms with van der Waals surface area (Å²) in [7, 11) is 0. The van der Waals surface area contributed by atoms with Gasteiger partial charge in [0.25, 0.3) is 5.91 Å². The Kier molecular flexibility index (Phi) is 4.14. The second-order valence-electron chi connectivity index (χ2n) is 5.27. The van der Waals surface area contributed by atoms with E-state index in [0.29, 0.717) is 11.3 Å². The van der Waals surface area contributed by atoms with Crippen LogP contribution in [-0.2, 0) is 14.3 Å². The largest absolute Gasteiger partial charge is 0.480 e. The van der Waals surface area contributed by atoms with E-state index in [0.717, 1.165) is 0 Å². The predicted molar refractivity (Wildman–Crippen MR) is 61.2 cm³/mol. The summed E-state index contributed by atoms with van der Waals surface area (Å²) in [5.41, 5.74) is -3.05. The van der Waals surface area contributed by atoms with Gasteiger partial charge in [0, 0.05) is 13.0 Å². The molecule has 2 saturated heterocycles. The van der Waals surface area contributed by atoms with Crippen LogP contribution in [0.3, 0.4) is 0 Å². The lowest BCUT2D eigenvalue weighted by Gasteiger charge is -2.40. The Morgan fingerprint density at radius 3 is 2.43 bits per heavy atom. The van der Waals surface area contributed by atoms with E-state index in [4.69, 9.17) is 9.84 Å². The summed E-state index contributed by atoms with van der Waals surface area (Å²) in [5, 5.41) is 8.95. The molecule has 2 heterocycles. The maximum absolute atomic E-state index is 13.4. The molecular weight excluding hydrogens is 298 g/mol. The van der Waals surface area contributed by atoms with Crippen molar-refractivity contribution < 1.29 is 37.0 Å². The summed E-state index contributed by atoms with van der Waals surface area (Å²) in [4.78, 5) is 23.7. The maximum Gasteiger partial charge on any atom is 0.426 e. The van der Waals surface area contributed by atoms with E-state index in [1.54, 1.807) is 0 Å². The fraction of sp³-hybridized carbons (Fsp3) is 0.833. The Morgan fingerprint density at radius 1 is 1.29 bits per heavy atom. The third-order valence-electron chi connectivity index (χ3n) is 3.87. The van der Waals surface area contributed by atoms with Crippen LogP contribution in [0, 0.1) is 0 Å². The van der Waals surface area contributed by atoms with Crippen molar-refractivity contribution in [3.05, 3.63) is 0 Å². The number of hydrogen-bond acceptors (Lipinski definition) is 3. The van der Waals surface area contributed by atoms with Crippen LogP contribution < -0.4 is 0 Å². The van der Waals surface area contributed by atoms with Crippen molar-refractivity contribution in [2.24, 2.45) is 0 Å². The fourth-order valence-corrected chi connectivity index (χ4v) is 2.78. The first-order valence-corrected chi connectivity index (χ1v) is 6.57. The number of carboxylic acids is 1. The molecule has 2 fully saturated rings. The Bertz CT molecular complexity index is 433. The van der Waals surface area contributed by atoms with Crippen molar-refractivity contribution in [3.8, 4) is 0 Å². The summed E-state index contributed by atoms with van der Waals surface area (Å²) in [5.74, 6) is -3.01. The minimum absolute atomic E-state index is 0.135. The number of ether oxygens (including phenoxy) is 1. The van der Waals surface area contributed by atoms with Crippen molar-refractivity contribution in [2.75, 3.05) is 13.2 Å². The van der Waals surface area contributed by atoms with Crippen molar-refractivity contribution >= 4 is 11.9 Å². The zero-order valence-electron chi connectivity index (χ0n) is 11.0. The van der Waals surface area contributed by atoms with Crippen LogP contribution in [0.1, 0.15) is 25.7 Å². The lowest BCUT2D eigenvalue weighted by molar-refractivity contribution is -0.281. The van der Waals surface area contributed by atoms with Gasteiger partial charge >= 0.3 is 12.1 Å². The first kappa shape index (κ1) is 16.0. The third kappa shape index (κ3) is 2.70. The number of likely N-dealkylation sites (tertiary alicyclic amines) is 1. The number of alkyl halides is 4. The number of carboxylic acid groups (broad SMARTS) is 1. The fourth-order valence-electron chi connectivity index (χ4n) is 2.78. The first-order valence-electron chi connectivity index (χ1n) is 6.57. The van der Waals surface area contributed by atoms with Crippen molar-refractivity contribution in [1.29, 1.82) is 0 Å². The zero-order valence-corrected chi connectivity index (χ0v) is 11.0. The van der Waals surface area contributed by atoms with Crippen LogP contribution in [0.25, 0.3) is 0 Å². The molecule has 0 bridgehead atoms. The molecule has 3 atom stereocenters. The number of nitrogens with zero attached hydrogens (tertiary/aromatic N) is 1. The number of rotatable bonds is 2. The highest BCUT2D eigenvalue weighted by atomic mass is 19.4. The van der Waals surface area contributed by atoms with Crippen LogP contribution in [0.2, 0.25) is 0 Å². The van der Waals surface area contributed by atoms with Gasteiger partial charge in [-0.2, -0.15) is 13.2 Å². The van der Waals surface area contributed by atoms with Crippen LogP contribution >= 0.6 is 0 Å². The van der Waals surface area contributed by atoms with Gasteiger partial charge in [-0.1, -0.05) is 0 Å². The Morgan fingerprint density at radius 2 is 1.95 bits per heavy atom. The van der Waals surface area contributed by atoms with Gasteiger partial charge in [0.1, 0.15) is 12.2 Å². The van der Waals surface area contributed by atoms with Gasteiger partial charge in [-0.15, -0.1) is 0 Å². The van der Waals surface area contributed by atoms with Crippen LogP contribution in [-0.4, -0.2) is 59.0 Å². The van der Waals surface area contributed by atoms with Gasteiger partial charge in [0.2, 0.25) is 5.60 Å². The summed E-state index contributed by atoms with van der Waals surface area (Å²) in [6.07, 6.45) is -7.18. The standard InChI is InChI=1S/C12H15F4NO4/c13-7-5-8(9(18)19)17(6-7)10(20)11(12(14,15)16)3-1-2-4-21-11/h7-8H,1-6H2,(H,18,19)/t7-,8+,11?/m1/s1. The highest BCUT2D eigenvalue weighted by Crippen LogP contribution is 2.43. The van der Waals surface area contributed by atoms with Gasteiger partial charge in [0.15, 0.2) is 0 Å². The third-order valence-corrected chi connectivity index (χ3v) is 3.87. The minimum atomic E-state index is -4.97. The lowest BCUT2D eigenvalue weighted by Crippen LogP contribution is -2.62. The lowest BCUT2D eigenvalue weighted by atomic mass is 9.91.